The Morgan fingerprint density at radius 3 is 2.47 bits per heavy atom. The Hall–Kier alpha value is -1.56. The number of rotatable bonds is 3. The van der Waals surface area contributed by atoms with Gasteiger partial charge in [-0.1, -0.05) is 69.7 Å². The lowest BCUT2D eigenvalue weighted by molar-refractivity contribution is 0.473. The van der Waals surface area contributed by atoms with Crippen molar-refractivity contribution < 1.29 is 0 Å². The normalized spacial score (nSPS) is 13.2. The van der Waals surface area contributed by atoms with E-state index in [-0.39, 0.29) is 0 Å². The molecule has 0 nitrogen and oxygen atoms in total. The van der Waals surface area contributed by atoms with Crippen molar-refractivity contribution in [3.05, 3.63) is 59.2 Å². The van der Waals surface area contributed by atoms with Crippen LogP contribution in [0.1, 0.15) is 50.3 Å². The lowest BCUT2D eigenvalue weighted by atomic mass is 9.79. The molecule has 0 amide bonds. The van der Waals surface area contributed by atoms with Gasteiger partial charge in [0, 0.05) is 0 Å². The first kappa shape index (κ1) is 12.5. The molecule has 0 heteroatoms. The molecule has 0 saturated carbocycles. The van der Waals surface area contributed by atoms with Crippen molar-refractivity contribution in [1.29, 1.82) is 0 Å². The van der Waals surface area contributed by atoms with Crippen LogP contribution in [0.25, 0.3) is 11.1 Å². The van der Waals surface area contributed by atoms with Crippen molar-refractivity contribution in [3.63, 3.8) is 0 Å². The topological polar surface area (TPSA) is 0 Å². The Morgan fingerprint density at radius 1 is 0.947 bits per heavy atom. The summed E-state index contributed by atoms with van der Waals surface area (Å²) in [6.45, 7) is 6.99. The molecule has 1 aliphatic carbocycles. The van der Waals surface area contributed by atoms with Gasteiger partial charge in [-0.2, -0.15) is 0 Å². The minimum absolute atomic E-state index is 0.290. The summed E-state index contributed by atoms with van der Waals surface area (Å²) in [5, 5.41) is 0. The largest absolute Gasteiger partial charge is 0.0654 e. The number of hydrogen-bond acceptors (Lipinski definition) is 0. The van der Waals surface area contributed by atoms with E-state index in [2.05, 4.69) is 63.2 Å². The molecule has 0 atom stereocenters. The summed E-state index contributed by atoms with van der Waals surface area (Å²) in [7, 11) is 0. The minimum atomic E-state index is 0.290. The van der Waals surface area contributed by atoms with Gasteiger partial charge in [0.25, 0.3) is 0 Å². The van der Waals surface area contributed by atoms with Crippen LogP contribution < -0.4 is 0 Å². The third-order valence-corrected chi connectivity index (χ3v) is 4.45. The maximum Gasteiger partial charge on any atom is -0.00134 e. The van der Waals surface area contributed by atoms with E-state index in [4.69, 9.17) is 0 Å². The quantitative estimate of drug-likeness (QED) is 0.589. The zero-order valence-corrected chi connectivity index (χ0v) is 12.2. The lowest BCUT2D eigenvalue weighted by Crippen LogP contribution is -2.16. The molecule has 19 heavy (non-hydrogen) atoms. The smallest absolute Gasteiger partial charge is 0.00134 e. The van der Waals surface area contributed by atoms with E-state index in [0.717, 1.165) is 6.42 Å². The molecule has 0 saturated heterocycles. The van der Waals surface area contributed by atoms with Crippen molar-refractivity contribution in [2.45, 2.75) is 45.4 Å². The standard InChI is InChI=1S/C19H22/c1-4-11-19(2,3)16-9-10-18-15(13-16)12-14-7-5-6-8-17(14)18/h5-10,13H,4,11-12H2,1-3H3. The predicted octanol–water partition coefficient (Wildman–Crippen LogP) is 5.34. The van der Waals surface area contributed by atoms with Crippen molar-refractivity contribution in [2.75, 3.05) is 0 Å². The summed E-state index contributed by atoms with van der Waals surface area (Å²) in [5.74, 6) is 0. The first-order valence-corrected chi connectivity index (χ1v) is 7.33. The molecule has 0 aliphatic heterocycles. The van der Waals surface area contributed by atoms with Crippen molar-refractivity contribution in [2.24, 2.45) is 0 Å². The third-order valence-electron chi connectivity index (χ3n) is 4.45. The van der Waals surface area contributed by atoms with E-state index in [1.165, 1.54) is 40.7 Å². The molecule has 3 rings (SSSR count). The average Bonchev–Trinajstić information content (AvgIpc) is 2.76. The maximum absolute atomic E-state index is 2.44. The summed E-state index contributed by atoms with van der Waals surface area (Å²) in [4.78, 5) is 0. The molecule has 0 heterocycles. The SMILES string of the molecule is CCCC(C)(C)c1ccc2c(c1)Cc1ccccc1-2. The Labute approximate surface area is 116 Å². The van der Waals surface area contributed by atoms with Crippen LogP contribution in [-0.2, 0) is 11.8 Å². The van der Waals surface area contributed by atoms with Gasteiger partial charge in [0.2, 0.25) is 0 Å². The van der Waals surface area contributed by atoms with Crippen LogP contribution >= 0.6 is 0 Å². The van der Waals surface area contributed by atoms with Crippen LogP contribution in [0.15, 0.2) is 42.5 Å². The molecule has 98 valence electrons. The van der Waals surface area contributed by atoms with Gasteiger partial charge >= 0.3 is 0 Å². The highest BCUT2D eigenvalue weighted by Crippen LogP contribution is 2.39. The van der Waals surface area contributed by atoms with Gasteiger partial charge in [-0.15, -0.1) is 0 Å². The van der Waals surface area contributed by atoms with E-state index >= 15 is 0 Å². The van der Waals surface area contributed by atoms with Gasteiger partial charge in [0.05, 0.1) is 0 Å². The van der Waals surface area contributed by atoms with Crippen LogP contribution in [0.4, 0.5) is 0 Å². The number of fused-ring (bicyclic) bond motifs is 3. The zero-order valence-electron chi connectivity index (χ0n) is 12.2. The van der Waals surface area contributed by atoms with Crippen molar-refractivity contribution in [3.8, 4) is 11.1 Å². The molecule has 2 aromatic carbocycles. The highest BCUT2D eigenvalue weighted by atomic mass is 14.3. The number of hydrogen-bond donors (Lipinski definition) is 0. The maximum atomic E-state index is 2.44. The molecular weight excluding hydrogens is 228 g/mol. The van der Waals surface area contributed by atoms with Crippen LogP contribution in [0, 0.1) is 0 Å². The Bertz CT molecular complexity index is 605. The average molecular weight is 250 g/mol. The van der Waals surface area contributed by atoms with E-state index in [0.29, 0.717) is 5.41 Å². The van der Waals surface area contributed by atoms with Crippen LogP contribution in [0.2, 0.25) is 0 Å². The zero-order chi connectivity index (χ0) is 13.5. The Balaban J connectivity index is 2.02. The minimum Gasteiger partial charge on any atom is -0.0654 e. The lowest BCUT2D eigenvalue weighted by Gasteiger charge is -2.25. The van der Waals surface area contributed by atoms with E-state index in [1.54, 1.807) is 0 Å². The van der Waals surface area contributed by atoms with Gasteiger partial charge < -0.3 is 0 Å². The molecular formula is C19H22. The van der Waals surface area contributed by atoms with E-state index in [9.17, 15) is 0 Å². The second-order valence-electron chi connectivity index (χ2n) is 6.34. The van der Waals surface area contributed by atoms with E-state index in [1.807, 2.05) is 0 Å². The highest BCUT2D eigenvalue weighted by Gasteiger charge is 2.23. The molecule has 0 radical (unpaired) electrons. The van der Waals surface area contributed by atoms with Gasteiger partial charge in [-0.05, 0) is 46.1 Å². The molecule has 2 aromatic rings. The Kier molecular flexibility index (Phi) is 2.97. The summed E-state index contributed by atoms with van der Waals surface area (Å²) in [6.07, 6.45) is 3.59. The van der Waals surface area contributed by atoms with Crippen LogP contribution in [0.5, 0.6) is 0 Å². The first-order chi connectivity index (χ1) is 9.12. The van der Waals surface area contributed by atoms with Crippen molar-refractivity contribution >= 4 is 0 Å². The fourth-order valence-electron chi connectivity index (χ4n) is 3.34. The number of benzene rings is 2. The van der Waals surface area contributed by atoms with Gasteiger partial charge in [-0.25, -0.2) is 0 Å². The van der Waals surface area contributed by atoms with E-state index < -0.39 is 0 Å². The molecule has 0 spiro atoms. The van der Waals surface area contributed by atoms with Crippen LogP contribution in [0.3, 0.4) is 0 Å². The third kappa shape index (κ3) is 2.10. The van der Waals surface area contributed by atoms with Gasteiger partial charge in [-0.3, -0.25) is 0 Å². The molecule has 0 aromatic heterocycles. The van der Waals surface area contributed by atoms with Gasteiger partial charge in [0.1, 0.15) is 0 Å². The predicted molar refractivity (Wildman–Crippen MR) is 82.6 cm³/mol. The summed E-state index contributed by atoms with van der Waals surface area (Å²) < 4.78 is 0. The molecule has 0 bridgehead atoms. The van der Waals surface area contributed by atoms with Crippen molar-refractivity contribution in [1.82, 2.24) is 0 Å². The highest BCUT2D eigenvalue weighted by molar-refractivity contribution is 5.77. The second kappa shape index (κ2) is 4.52. The summed E-state index contributed by atoms with van der Waals surface area (Å²) in [6, 6.07) is 15.9. The Morgan fingerprint density at radius 2 is 1.68 bits per heavy atom. The first-order valence-electron chi connectivity index (χ1n) is 7.33. The summed E-state index contributed by atoms with van der Waals surface area (Å²) >= 11 is 0. The summed E-state index contributed by atoms with van der Waals surface area (Å²) in [5.41, 5.74) is 7.62. The van der Waals surface area contributed by atoms with Crippen LogP contribution in [-0.4, -0.2) is 0 Å². The second-order valence-corrected chi connectivity index (χ2v) is 6.34. The fourth-order valence-corrected chi connectivity index (χ4v) is 3.34. The molecule has 1 aliphatic rings. The molecule has 0 N–H and O–H groups in total. The monoisotopic (exact) mass is 250 g/mol. The fraction of sp³-hybridized carbons (Fsp3) is 0.368. The molecule has 0 unspecified atom stereocenters. The molecule has 0 fully saturated rings. The van der Waals surface area contributed by atoms with Gasteiger partial charge in [0.15, 0.2) is 0 Å².